The highest BCUT2D eigenvalue weighted by atomic mass is 16.5. The summed E-state index contributed by atoms with van der Waals surface area (Å²) in [5.41, 5.74) is 0. The largest absolute Gasteiger partial charge is 0.467 e. The highest BCUT2D eigenvalue weighted by Crippen LogP contribution is 2.09. The van der Waals surface area contributed by atoms with Crippen molar-refractivity contribution in [2.45, 2.75) is 38.5 Å². The van der Waals surface area contributed by atoms with Gasteiger partial charge < -0.3 is 15.2 Å². The van der Waals surface area contributed by atoms with E-state index in [0.29, 0.717) is 31.7 Å². The molecule has 0 aliphatic carbocycles. The first-order valence-electron chi connectivity index (χ1n) is 5.84. The van der Waals surface area contributed by atoms with E-state index in [0.717, 1.165) is 19.5 Å². The lowest BCUT2D eigenvalue weighted by molar-refractivity contribution is -0.129. The molecule has 5 heteroatoms. The molecule has 1 aliphatic heterocycles. The number of hydrogen-bond donors (Lipinski definition) is 2. The van der Waals surface area contributed by atoms with Crippen molar-refractivity contribution in [2.75, 3.05) is 26.2 Å². The molecule has 1 fully saturated rings. The Morgan fingerprint density at radius 3 is 2.88 bits per heavy atom. The maximum absolute atomic E-state index is 10.1. The van der Waals surface area contributed by atoms with Crippen LogP contribution in [0.2, 0.25) is 0 Å². The van der Waals surface area contributed by atoms with Crippen molar-refractivity contribution >= 4 is 6.47 Å². The van der Waals surface area contributed by atoms with Crippen LogP contribution >= 0.6 is 0 Å². The van der Waals surface area contributed by atoms with E-state index in [-0.39, 0.29) is 6.10 Å². The molecule has 16 heavy (non-hydrogen) atoms. The second-order valence-corrected chi connectivity index (χ2v) is 4.55. The Balaban J connectivity index is 2.29. The highest BCUT2D eigenvalue weighted by Gasteiger charge is 2.24. The number of aliphatic hydroxyl groups is 1. The van der Waals surface area contributed by atoms with Gasteiger partial charge >= 0.3 is 0 Å². The smallest absolute Gasteiger partial charge is 0.293 e. The monoisotopic (exact) mass is 230 g/mol. The number of ether oxygens (including phenoxy) is 1. The lowest BCUT2D eigenvalue weighted by Gasteiger charge is -2.28. The second-order valence-electron chi connectivity index (χ2n) is 4.55. The average Bonchev–Trinajstić information content (AvgIpc) is 2.63. The third-order valence-corrected chi connectivity index (χ3v) is 2.95. The molecule has 0 aromatic rings. The van der Waals surface area contributed by atoms with E-state index < -0.39 is 0 Å². The van der Waals surface area contributed by atoms with Crippen LogP contribution in [-0.2, 0) is 9.53 Å². The van der Waals surface area contributed by atoms with Crippen LogP contribution in [0, 0.1) is 0 Å². The zero-order valence-electron chi connectivity index (χ0n) is 10.1. The SMILES string of the molecule is CC(C)N(CCOC=O)CC1CC(O)CN1. The van der Waals surface area contributed by atoms with Gasteiger partial charge in [-0.2, -0.15) is 0 Å². The first-order chi connectivity index (χ1) is 7.63. The second kappa shape index (κ2) is 6.83. The summed E-state index contributed by atoms with van der Waals surface area (Å²) in [5, 5.41) is 12.7. The van der Waals surface area contributed by atoms with Crippen molar-refractivity contribution in [1.29, 1.82) is 0 Å². The molecule has 1 rings (SSSR count). The van der Waals surface area contributed by atoms with Gasteiger partial charge in [0.15, 0.2) is 0 Å². The summed E-state index contributed by atoms with van der Waals surface area (Å²) in [6.07, 6.45) is 0.586. The molecule has 0 bridgehead atoms. The van der Waals surface area contributed by atoms with E-state index in [1.54, 1.807) is 0 Å². The molecule has 2 atom stereocenters. The molecule has 0 radical (unpaired) electrons. The fraction of sp³-hybridized carbons (Fsp3) is 0.909. The molecule has 2 N–H and O–H groups in total. The molecule has 1 saturated heterocycles. The average molecular weight is 230 g/mol. The van der Waals surface area contributed by atoms with Crippen LogP contribution in [0.4, 0.5) is 0 Å². The summed E-state index contributed by atoms with van der Waals surface area (Å²) in [6, 6.07) is 0.753. The van der Waals surface area contributed by atoms with E-state index in [4.69, 9.17) is 4.74 Å². The molecule has 5 nitrogen and oxygen atoms in total. The Hall–Kier alpha value is -0.650. The van der Waals surface area contributed by atoms with Gasteiger partial charge in [0.05, 0.1) is 6.10 Å². The molecular weight excluding hydrogens is 208 g/mol. The highest BCUT2D eigenvalue weighted by molar-refractivity contribution is 5.36. The number of hydrogen-bond acceptors (Lipinski definition) is 5. The zero-order chi connectivity index (χ0) is 12.0. The van der Waals surface area contributed by atoms with Gasteiger partial charge in [0.25, 0.3) is 6.47 Å². The lowest BCUT2D eigenvalue weighted by atomic mass is 10.1. The summed E-state index contributed by atoms with van der Waals surface area (Å²) in [4.78, 5) is 12.3. The molecule has 94 valence electrons. The molecule has 2 unspecified atom stereocenters. The van der Waals surface area contributed by atoms with Crippen LogP contribution in [0.15, 0.2) is 0 Å². The normalized spacial score (nSPS) is 25.3. The van der Waals surface area contributed by atoms with Crippen molar-refractivity contribution in [3.05, 3.63) is 0 Å². The van der Waals surface area contributed by atoms with E-state index in [1.165, 1.54) is 0 Å². The van der Waals surface area contributed by atoms with Gasteiger partial charge in [0, 0.05) is 31.7 Å². The number of aliphatic hydroxyl groups excluding tert-OH is 1. The van der Waals surface area contributed by atoms with Crippen LogP contribution in [0.25, 0.3) is 0 Å². The van der Waals surface area contributed by atoms with Gasteiger partial charge in [-0.1, -0.05) is 0 Å². The molecule has 0 saturated carbocycles. The van der Waals surface area contributed by atoms with Crippen molar-refractivity contribution < 1.29 is 14.6 Å². The Morgan fingerprint density at radius 1 is 1.62 bits per heavy atom. The van der Waals surface area contributed by atoms with Gasteiger partial charge in [0.2, 0.25) is 0 Å². The summed E-state index contributed by atoms with van der Waals surface area (Å²) in [6.45, 7) is 7.45. The van der Waals surface area contributed by atoms with Crippen LogP contribution in [0.5, 0.6) is 0 Å². The third kappa shape index (κ3) is 4.47. The first-order valence-corrected chi connectivity index (χ1v) is 5.84. The fourth-order valence-corrected chi connectivity index (χ4v) is 2.00. The van der Waals surface area contributed by atoms with Crippen molar-refractivity contribution in [3.8, 4) is 0 Å². The minimum Gasteiger partial charge on any atom is -0.467 e. The lowest BCUT2D eigenvalue weighted by Crippen LogP contribution is -2.42. The summed E-state index contributed by atoms with van der Waals surface area (Å²) >= 11 is 0. The number of β-amino-alcohol motifs (C(OH)–C–C–N with tert-alkyl or cyclic N) is 1. The van der Waals surface area contributed by atoms with E-state index in [2.05, 4.69) is 24.1 Å². The van der Waals surface area contributed by atoms with Gasteiger partial charge in [-0.15, -0.1) is 0 Å². The van der Waals surface area contributed by atoms with E-state index >= 15 is 0 Å². The molecule has 0 aromatic carbocycles. The summed E-state index contributed by atoms with van der Waals surface area (Å²) < 4.78 is 4.71. The quantitative estimate of drug-likeness (QED) is 0.460. The fourth-order valence-electron chi connectivity index (χ4n) is 2.00. The van der Waals surface area contributed by atoms with E-state index in [9.17, 15) is 9.90 Å². The van der Waals surface area contributed by atoms with Gasteiger partial charge in [-0.05, 0) is 20.3 Å². The Morgan fingerprint density at radius 2 is 2.38 bits per heavy atom. The Kier molecular flexibility index (Phi) is 5.73. The molecule has 1 heterocycles. The predicted octanol–water partition coefficient (Wildman–Crippen LogP) is -0.407. The molecule has 0 aromatic heterocycles. The van der Waals surface area contributed by atoms with Crippen molar-refractivity contribution in [3.63, 3.8) is 0 Å². The topological polar surface area (TPSA) is 61.8 Å². The first kappa shape index (κ1) is 13.4. The van der Waals surface area contributed by atoms with Crippen LogP contribution < -0.4 is 5.32 Å². The number of rotatable bonds is 7. The Labute approximate surface area is 96.8 Å². The molecule has 0 spiro atoms. The molecule has 1 aliphatic rings. The summed E-state index contributed by atoms with van der Waals surface area (Å²) in [5.74, 6) is 0. The minimum absolute atomic E-state index is 0.217. The predicted molar refractivity (Wildman–Crippen MR) is 61.1 cm³/mol. The zero-order valence-corrected chi connectivity index (χ0v) is 10.1. The Bertz CT molecular complexity index is 211. The van der Waals surface area contributed by atoms with Gasteiger partial charge in [-0.3, -0.25) is 9.69 Å². The number of carbonyl (C=O) groups excluding carboxylic acids is 1. The maximum Gasteiger partial charge on any atom is 0.293 e. The van der Waals surface area contributed by atoms with E-state index in [1.807, 2.05) is 0 Å². The maximum atomic E-state index is 10.1. The van der Waals surface area contributed by atoms with Crippen LogP contribution in [0.1, 0.15) is 20.3 Å². The minimum atomic E-state index is -0.217. The van der Waals surface area contributed by atoms with Crippen molar-refractivity contribution in [2.24, 2.45) is 0 Å². The van der Waals surface area contributed by atoms with Crippen LogP contribution in [-0.4, -0.2) is 60.9 Å². The van der Waals surface area contributed by atoms with Crippen molar-refractivity contribution in [1.82, 2.24) is 10.2 Å². The van der Waals surface area contributed by atoms with Gasteiger partial charge in [-0.25, -0.2) is 0 Å². The van der Waals surface area contributed by atoms with Crippen LogP contribution in [0.3, 0.4) is 0 Å². The molecular formula is C11H22N2O3. The standard InChI is InChI=1S/C11H22N2O3/c1-9(2)13(3-4-16-8-14)7-10-5-11(15)6-12-10/h8-12,15H,3-7H2,1-2H3. The number of nitrogens with one attached hydrogen (secondary N) is 1. The van der Waals surface area contributed by atoms with Gasteiger partial charge in [0.1, 0.15) is 6.61 Å². The summed E-state index contributed by atoms with van der Waals surface area (Å²) in [7, 11) is 0. The number of carbonyl (C=O) groups is 1. The number of nitrogens with zero attached hydrogens (tertiary/aromatic N) is 1. The third-order valence-electron chi connectivity index (χ3n) is 2.95. The molecule has 0 amide bonds.